The van der Waals surface area contributed by atoms with Crippen LogP contribution in [0.4, 0.5) is 0 Å². The number of rotatable bonds is 5. The van der Waals surface area contributed by atoms with Crippen molar-refractivity contribution in [1.82, 2.24) is 4.31 Å². The summed E-state index contributed by atoms with van der Waals surface area (Å²) in [4.78, 5) is 0.370. The summed E-state index contributed by atoms with van der Waals surface area (Å²) in [6.45, 7) is 0.527. The molecule has 0 atom stereocenters. The molecule has 0 aromatic heterocycles. The molecule has 1 aliphatic rings. The molecule has 0 saturated heterocycles. The maximum Gasteiger partial charge on any atom is 0.243 e. The van der Waals surface area contributed by atoms with Crippen molar-refractivity contribution in [3.63, 3.8) is 0 Å². The average Bonchev–Trinajstić information content (AvgIpc) is 2.89. The quantitative estimate of drug-likeness (QED) is 0.692. The van der Waals surface area contributed by atoms with Crippen molar-refractivity contribution in [3.05, 3.63) is 28.7 Å². The van der Waals surface area contributed by atoms with Gasteiger partial charge in [-0.2, -0.15) is 4.31 Å². The molecule has 0 aliphatic heterocycles. The maximum absolute atomic E-state index is 12.7. The fourth-order valence-electron chi connectivity index (χ4n) is 2.54. The number of sulfonamides is 1. The summed E-state index contributed by atoms with van der Waals surface area (Å²) in [5.74, 6) is 0. The van der Waals surface area contributed by atoms with Gasteiger partial charge in [-0.1, -0.05) is 50.8 Å². The van der Waals surface area contributed by atoms with E-state index in [1.807, 2.05) is 6.07 Å². The normalized spacial score (nSPS) is 17.2. The van der Waals surface area contributed by atoms with Crippen molar-refractivity contribution in [2.24, 2.45) is 0 Å². The van der Waals surface area contributed by atoms with Gasteiger partial charge in [0.25, 0.3) is 0 Å². The van der Waals surface area contributed by atoms with Crippen LogP contribution in [0.5, 0.6) is 0 Å². The second-order valence-corrected chi connectivity index (χ2v) is 8.30. The monoisotopic (exact) mass is 409 g/mol. The van der Waals surface area contributed by atoms with Crippen LogP contribution in [0.15, 0.2) is 33.6 Å². The van der Waals surface area contributed by atoms with Gasteiger partial charge in [-0.25, -0.2) is 8.42 Å². The summed E-state index contributed by atoms with van der Waals surface area (Å²) in [5, 5.41) is 0.663. The van der Waals surface area contributed by atoms with E-state index in [9.17, 15) is 8.42 Å². The van der Waals surface area contributed by atoms with Crippen LogP contribution in [0.3, 0.4) is 0 Å². The van der Waals surface area contributed by atoms with Crippen LogP contribution >= 0.6 is 31.9 Å². The smallest absolute Gasteiger partial charge is 0.207 e. The van der Waals surface area contributed by atoms with Crippen molar-refractivity contribution in [3.8, 4) is 0 Å². The Labute approximate surface area is 131 Å². The van der Waals surface area contributed by atoms with E-state index in [-0.39, 0.29) is 6.04 Å². The lowest BCUT2D eigenvalue weighted by Gasteiger charge is -2.27. The minimum atomic E-state index is -3.40. The van der Waals surface area contributed by atoms with Crippen LogP contribution in [0.1, 0.15) is 25.7 Å². The van der Waals surface area contributed by atoms with Crippen molar-refractivity contribution in [2.75, 3.05) is 11.9 Å². The van der Waals surface area contributed by atoms with Crippen LogP contribution in [0, 0.1) is 0 Å². The third-order valence-electron chi connectivity index (χ3n) is 3.44. The molecule has 106 valence electrons. The molecule has 2 rings (SSSR count). The Bertz CT molecular complexity index is 527. The van der Waals surface area contributed by atoms with E-state index in [4.69, 9.17) is 0 Å². The highest BCUT2D eigenvalue weighted by atomic mass is 79.9. The van der Waals surface area contributed by atoms with Gasteiger partial charge in [0.15, 0.2) is 0 Å². The summed E-state index contributed by atoms with van der Waals surface area (Å²) in [5.41, 5.74) is 0. The molecule has 1 saturated carbocycles. The van der Waals surface area contributed by atoms with E-state index >= 15 is 0 Å². The highest BCUT2D eigenvalue weighted by molar-refractivity contribution is 9.10. The second-order valence-electron chi connectivity index (χ2n) is 4.70. The Balaban J connectivity index is 2.33. The summed E-state index contributed by atoms with van der Waals surface area (Å²) < 4.78 is 27.9. The second kappa shape index (κ2) is 6.70. The SMILES string of the molecule is O=S(=O)(c1cccc(Br)c1)N(CCBr)C1CCCC1. The molecular formula is C13H17Br2NO2S. The topological polar surface area (TPSA) is 37.4 Å². The Hall–Kier alpha value is 0.0900. The van der Waals surface area contributed by atoms with Gasteiger partial charge >= 0.3 is 0 Å². The molecule has 0 amide bonds. The Kier molecular flexibility index (Phi) is 5.45. The van der Waals surface area contributed by atoms with E-state index in [0.717, 1.165) is 30.2 Å². The van der Waals surface area contributed by atoms with Crippen LogP contribution in [-0.2, 0) is 10.0 Å². The predicted molar refractivity (Wildman–Crippen MR) is 84.1 cm³/mol. The number of alkyl halides is 1. The highest BCUT2D eigenvalue weighted by Crippen LogP contribution is 2.29. The Morgan fingerprint density at radius 3 is 2.53 bits per heavy atom. The first-order valence-corrected chi connectivity index (χ1v) is 9.74. The van der Waals surface area contributed by atoms with Gasteiger partial charge in [-0.3, -0.25) is 0 Å². The van der Waals surface area contributed by atoms with Crippen LogP contribution in [0.2, 0.25) is 0 Å². The van der Waals surface area contributed by atoms with Crippen molar-refractivity contribution < 1.29 is 8.42 Å². The number of hydrogen-bond donors (Lipinski definition) is 0. The molecule has 19 heavy (non-hydrogen) atoms. The molecular weight excluding hydrogens is 394 g/mol. The molecule has 0 radical (unpaired) electrons. The zero-order valence-electron chi connectivity index (χ0n) is 10.6. The molecule has 0 unspecified atom stereocenters. The van der Waals surface area contributed by atoms with Crippen molar-refractivity contribution in [1.29, 1.82) is 0 Å². The standard InChI is InChI=1S/C13H17Br2NO2S/c14-8-9-16(12-5-1-2-6-12)19(17,18)13-7-3-4-11(15)10-13/h3-4,7,10,12H,1-2,5-6,8-9H2. The van der Waals surface area contributed by atoms with Gasteiger partial charge in [0, 0.05) is 22.4 Å². The molecule has 0 heterocycles. The lowest BCUT2D eigenvalue weighted by atomic mass is 10.2. The lowest BCUT2D eigenvalue weighted by molar-refractivity contribution is 0.338. The molecule has 0 bridgehead atoms. The first-order valence-electron chi connectivity index (χ1n) is 6.39. The number of benzene rings is 1. The zero-order chi connectivity index (χ0) is 13.9. The number of halogens is 2. The molecule has 3 nitrogen and oxygen atoms in total. The van der Waals surface area contributed by atoms with E-state index in [2.05, 4.69) is 31.9 Å². The summed E-state index contributed by atoms with van der Waals surface area (Å²) in [6.07, 6.45) is 4.19. The molecule has 6 heteroatoms. The minimum Gasteiger partial charge on any atom is -0.207 e. The fourth-order valence-corrected chi connectivity index (χ4v) is 5.44. The first kappa shape index (κ1) is 15.5. The van der Waals surface area contributed by atoms with Crippen LogP contribution in [-0.4, -0.2) is 30.6 Å². The zero-order valence-corrected chi connectivity index (χ0v) is 14.5. The van der Waals surface area contributed by atoms with Gasteiger partial charge < -0.3 is 0 Å². The van der Waals surface area contributed by atoms with E-state index < -0.39 is 10.0 Å². The summed E-state index contributed by atoms with van der Waals surface area (Å²) in [7, 11) is -3.40. The van der Waals surface area contributed by atoms with Gasteiger partial charge in [-0.05, 0) is 31.0 Å². The van der Waals surface area contributed by atoms with E-state index in [1.54, 1.807) is 22.5 Å². The minimum absolute atomic E-state index is 0.154. The van der Waals surface area contributed by atoms with Gasteiger partial charge in [0.2, 0.25) is 10.0 Å². The molecule has 1 aromatic rings. The van der Waals surface area contributed by atoms with Crippen molar-refractivity contribution in [2.45, 2.75) is 36.6 Å². The number of hydrogen-bond acceptors (Lipinski definition) is 2. The van der Waals surface area contributed by atoms with E-state index in [1.165, 1.54) is 0 Å². The average molecular weight is 411 g/mol. The number of nitrogens with zero attached hydrogens (tertiary/aromatic N) is 1. The third kappa shape index (κ3) is 3.60. The largest absolute Gasteiger partial charge is 0.243 e. The highest BCUT2D eigenvalue weighted by Gasteiger charge is 2.32. The van der Waals surface area contributed by atoms with Gasteiger partial charge in [-0.15, -0.1) is 0 Å². The van der Waals surface area contributed by atoms with Crippen LogP contribution < -0.4 is 0 Å². The van der Waals surface area contributed by atoms with E-state index in [0.29, 0.717) is 16.8 Å². The summed E-state index contributed by atoms with van der Waals surface area (Å²) in [6, 6.07) is 7.09. The third-order valence-corrected chi connectivity index (χ3v) is 6.24. The molecule has 1 aromatic carbocycles. The predicted octanol–water partition coefficient (Wildman–Crippen LogP) is 3.78. The van der Waals surface area contributed by atoms with Gasteiger partial charge in [0.05, 0.1) is 4.90 Å². The maximum atomic E-state index is 12.7. The fraction of sp³-hybridized carbons (Fsp3) is 0.538. The van der Waals surface area contributed by atoms with Gasteiger partial charge in [0.1, 0.15) is 0 Å². The van der Waals surface area contributed by atoms with Crippen LogP contribution in [0.25, 0.3) is 0 Å². The molecule has 1 fully saturated rings. The van der Waals surface area contributed by atoms with Crippen molar-refractivity contribution >= 4 is 41.9 Å². The first-order chi connectivity index (χ1) is 9.05. The molecule has 0 N–H and O–H groups in total. The lowest BCUT2D eigenvalue weighted by Crippen LogP contribution is -2.40. The Morgan fingerprint density at radius 1 is 1.26 bits per heavy atom. The molecule has 1 aliphatic carbocycles. The molecule has 0 spiro atoms. The Morgan fingerprint density at radius 2 is 1.95 bits per heavy atom. The summed E-state index contributed by atoms with van der Waals surface area (Å²) >= 11 is 6.70.